The molecule has 0 saturated heterocycles. The van der Waals surface area contributed by atoms with Gasteiger partial charge >= 0.3 is 0 Å². The maximum atomic E-state index is 11.0. The van der Waals surface area contributed by atoms with E-state index < -0.39 is 0 Å². The molecule has 3 atom stereocenters. The minimum Gasteiger partial charge on any atom is -0.300 e. The first-order valence-corrected chi connectivity index (χ1v) is 3.96. The fraction of sp³-hybridized carbons (Fsp3) is 0.667. The summed E-state index contributed by atoms with van der Waals surface area (Å²) in [6.45, 7) is 1.72. The molecular formula is C9H12O. The van der Waals surface area contributed by atoms with Crippen LogP contribution in [0.15, 0.2) is 12.2 Å². The third-order valence-electron chi connectivity index (χ3n) is 2.80. The van der Waals surface area contributed by atoms with Crippen LogP contribution in [0.3, 0.4) is 0 Å². The van der Waals surface area contributed by atoms with Crippen molar-refractivity contribution >= 4 is 5.78 Å². The third-order valence-corrected chi connectivity index (χ3v) is 2.80. The number of fused-ring (bicyclic) bond motifs is 2. The van der Waals surface area contributed by atoms with Crippen molar-refractivity contribution in [3.05, 3.63) is 12.2 Å². The van der Waals surface area contributed by atoms with Gasteiger partial charge in [0.05, 0.1) is 0 Å². The molecule has 2 bridgehead atoms. The van der Waals surface area contributed by atoms with Crippen molar-refractivity contribution in [2.24, 2.45) is 17.8 Å². The first-order chi connectivity index (χ1) is 4.77. The highest BCUT2D eigenvalue weighted by Crippen LogP contribution is 2.43. The van der Waals surface area contributed by atoms with Crippen molar-refractivity contribution in [1.82, 2.24) is 0 Å². The molecule has 1 fully saturated rings. The fourth-order valence-corrected chi connectivity index (χ4v) is 2.25. The number of hydrogen-bond acceptors (Lipinski definition) is 1. The normalized spacial score (nSPS) is 42.7. The van der Waals surface area contributed by atoms with Gasteiger partial charge in [-0.15, -0.1) is 0 Å². The van der Waals surface area contributed by atoms with Crippen molar-refractivity contribution in [3.8, 4) is 0 Å². The second-order valence-electron chi connectivity index (χ2n) is 3.50. The molecule has 0 aliphatic heterocycles. The van der Waals surface area contributed by atoms with Gasteiger partial charge in [0.15, 0.2) is 0 Å². The van der Waals surface area contributed by atoms with Gasteiger partial charge in [0, 0.05) is 5.92 Å². The van der Waals surface area contributed by atoms with Gasteiger partial charge in [0.25, 0.3) is 0 Å². The first-order valence-electron chi connectivity index (χ1n) is 3.96. The molecule has 0 amide bonds. The quantitative estimate of drug-likeness (QED) is 0.502. The SMILES string of the molecule is CC(=O)[C@H]1C[C@H]2C=C[C@H]1C2. The number of ketones is 1. The Labute approximate surface area is 61.1 Å². The van der Waals surface area contributed by atoms with Crippen molar-refractivity contribution < 1.29 is 4.79 Å². The van der Waals surface area contributed by atoms with E-state index >= 15 is 0 Å². The second-order valence-corrected chi connectivity index (χ2v) is 3.50. The molecule has 1 nitrogen and oxygen atoms in total. The van der Waals surface area contributed by atoms with E-state index in [0.717, 1.165) is 12.3 Å². The van der Waals surface area contributed by atoms with Gasteiger partial charge in [-0.3, -0.25) is 4.79 Å². The molecule has 10 heavy (non-hydrogen) atoms. The zero-order valence-electron chi connectivity index (χ0n) is 6.21. The number of carbonyl (C=O) groups excluding carboxylic acids is 1. The summed E-state index contributed by atoms with van der Waals surface area (Å²) in [7, 11) is 0. The van der Waals surface area contributed by atoms with Crippen molar-refractivity contribution in [2.75, 3.05) is 0 Å². The molecule has 2 aliphatic rings. The van der Waals surface area contributed by atoms with Gasteiger partial charge < -0.3 is 0 Å². The van der Waals surface area contributed by atoms with Gasteiger partial charge in [-0.1, -0.05) is 12.2 Å². The number of Topliss-reactive ketones (excluding diaryl/α,β-unsaturated/α-hetero) is 1. The van der Waals surface area contributed by atoms with Crippen LogP contribution in [0.5, 0.6) is 0 Å². The first kappa shape index (κ1) is 6.14. The largest absolute Gasteiger partial charge is 0.300 e. The van der Waals surface area contributed by atoms with Crippen LogP contribution < -0.4 is 0 Å². The van der Waals surface area contributed by atoms with Crippen LogP contribution in [0.4, 0.5) is 0 Å². The molecule has 0 N–H and O–H groups in total. The summed E-state index contributed by atoms with van der Waals surface area (Å²) < 4.78 is 0. The van der Waals surface area contributed by atoms with Gasteiger partial charge in [-0.05, 0) is 31.6 Å². The summed E-state index contributed by atoms with van der Waals surface area (Å²) in [4.78, 5) is 11.0. The number of allylic oxidation sites excluding steroid dienone is 2. The summed E-state index contributed by atoms with van der Waals surface area (Å²) in [5.41, 5.74) is 0. The van der Waals surface area contributed by atoms with E-state index in [4.69, 9.17) is 0 Å². The van der Waals surface area contributed by atoms with Crippen LogP contribution in [0, 0.1) is 17.8 Å². The van der Waals surface area contributed by atoms with Crippen LogP contribution in [0.1, 0.15) is 19.8 Å². The molecule has 0 aromatic carbocycles. The zero-order chi connectivity index (χ0) is 7.14. The lowest BCUT2D eigenvalue weighted by molar-refractivity contribution is -0.121. The van der Waals surface area contributed by atoms with E-state index in [9.17, 15) is 4.79 Å². The van der Waals surface area contributed by atoms with E-state index in [-0.39, 0.29) is 0 Å². The minimum atomic E-state index is 0.370. The Morgan fingerprint density at radius 3 is 2.50 bits per heavy atom. The van der Waals surface area contributed by atoms with Gasteiger partial charge in [0.2, 0.25) is 0 Å². The average Bonchev–Trinajstić information content (AvgIpc) is 2.44. The molecule has 0 heterocycles. The van der Waals surface area contributed by atoms with Crippen LogP contribution >= 0.6 is 0 Å². The zero-order valence-corrected chi connectivity index (χ0v) is 6.21. The highest BCUT2D eigenvalue weighted by molar-refractivity contribution is 5.79. The average molecular weight is 136 g/mol. The third kappa shape index (κ3) is 0.731. The Bertz CT molecular complexity index is 193. The fourth-order valence-electron chi connectivity index (χ4n) is 2.25. The van der Waals surface area contributed by atoms with Crippen LogP contribution in [-0.2, 0) is 4.79 Å². The van der Waals surface area contributed by atoms with Crippen molar-refractivity contribution in [2.45, 2.75) is 19.8 Å². The molecule has 2 aliphatic carbocycles. The molecule has 0 aromatic rings. The van der Waals surface area contributed by atoms with E-state index in [2.05, 4.69) is 12.2 Å². The van der Waals surface area contributed by atoms with Gasteiger partial charge in [0.1, 0.15) is 5.78 Å². The van der Waals surface area contributed by atoms with Gasteiger partial charge in [-0.2, -0.15) is 0 Å². The Kier molecular flexibility index (Phi) is 1.19. The lowest BCUT2D eigenvalue weighted by atomic mass is 9.90. The van der Waals surface area contributed by atoms with E-state index in [1.165, 1.54) is 6.42 Å². The Morgan fingerprint density at radius 1 is 1.40 bits per heavy atom. The molecule has 0 radical (unpaired) electrons. The molecule has 0 unspecified atom stereocenters. The summed E-state index contributed by atoms with van der Waals surface area (Å²) in [6.07, 6.45) is 6.85. The second kappa shape index (κ2) is 1.94. The van der Waals surface area contributed by atoms with Crippen LogP contribution in [-0.4, -0.2) is 5.78 Å². The van der Waals surface area contributed by atoms with E-state index in [1.54, 1.807) is 6.92 Å². The number of hydrogen-bond donors (Lipinski definition) is 0. The molecule has 1 heteroatoms. The maximum absolute atomic E-state index is 11.0. The molecule has 2 rings (SSSR count). The summed E-state index contributed by atoms with van der Waals surface area (Å²) in [5, 5.41) is 0. The highest BCUT2D eigenvalue weighted by Gasteiger charge is 2.37. The molecule has 0 spiro atoms. The molecule has 0 aromatic heterocycles. The summed E-state index contributed by atoms with van der Waals surface area (Å²) >= 11 is 0. The number of carbonyl (C=O) groups is 1. The summed E-state index contributed by atoms with van der Waals surface area (Å²) in [6, 6.07) is 0. The standard InChI is InChI=1S/C9H12O/c1-6(10)9-5-7-2-3-8(9)4-7/h2-3,7-9H,4-5H2,1H3/t7-,8-,9+/m0/s1. The topological polar surface area (TPSA) is 17.1 Å². The van der Waals surface area contributed by atoms with Crippen molar-refractivity contribution in [3.63, 3.8) is 0 Å². The molecule has 54 valence electrons. The monoisotopic (exact) mass is 136 g/mol. The Morgan fingerprint density at radius 2 is 2.20 bits per heavy atom. The van der Waals surface area contributed by atoms with Gasteiger partial charge in [-0.25, -0.2) is 0 Å². The lowest BCUT2D eigenvalue weighted by Crippen LogP contribution is -2.15. The highest BCUT2D eigenvalue weighted by atomic mass is 16.1. The lowest BCUT2D eigenvalue weighted by Gasteiger charge is -2.13. The van der Waals surface area contributed by atoms with E-state index in [0.29, 0.717) is 17.6 Å². The number of rotatable bonds is 1. The van der Waals surface area contributed by atoms with Crippen LogP contribution in [0.25, 0.3) is 0 Å². The Balaban J connectivity index is 2.16. The predicted octanol–water partition coefficient (Wildman–Crippen LogP) is 1.79. The predicted molar refractivity (Wildman–Crippen MR) is 39.5 cm³/mol. The van der Waals surface area contributed by atoms with Crippen LogP contribution in [0.2, 0.25) is 0 Å². The maximum Gasteiger partial charge on any atom is 0.133 e. The van der Waals surface area contributed by atoms with E-state index in [1.807, 2.05) is 0 Å². The Hall–Kier alpha value is -0.590. The molecular weight excluding hydrogens is 124 g/mol. The molecule has 1 saturated carbocycles. The minimum absolute atomic E-state index is 0.370. The van der Waals surface area contributed by atoms with Crippen molar-refractivity contribution in [1.29, 1.82) is 0 Å². The smallest absolute Gasteiger partial charge is 0.133 e. The summed E-state index contributed by atoms with van der Waals surface area (Å²) in [5.74, 6) is 2.09.